The lowest BCUT2D eigenvalue weighted by atomic mass is 9.96. The number of nitrogens with zero attached hydrogens (tertiary/aromatic N) is 4. The van der Waals surface area contributed by atoms with Crippen molar-refractivity contribution >= 4 is 5.95 Å². The molecule has 1 heterocycles. The third-order valence-corrected chi connectivity index (χ3v) is 4.00. The summed E-state index contributed by atoms with van der Waals surface area (Å²) in [5, 5.41) is 24.5. The number of hydrogen-bond acceptors (Lipinski definition) is 5. The van der Waals surface area contributed by atoms with Crippen LogP contribution in [-0.2, 0) is 0 Å². The molecule has 3 rings (SSSR count). The number of aryl methyl sites for hydroxylation is 1. The topological polar surface area (TPSA) is 75.9 Å². The Morgan fingerprint density at radius 1 is 1.08 bits per heavy atom. The minimum absolute atomic E-state index is 0.143. The summed E-state index contributed by atoms with van der Waals surface area (Å²) >= 11 is 0. The summed E-state index contributed by atoms with van der Waals surface area (Å²) in [5.41, 5.74) is 3.29. The van der Waals surface area contributed by atoms with E-state index in [4.69, 9.17) is 0 Å². The van der Waals surface area contributed by atoms with Crippen LogP contribution in [0.5, 0.6) is 0 Å². The van der Waals surface area contributed by atoms with Crippen LogP contribution >= 0.6 is 0 Å². The van der Waals surface area contributed by atoms with Gasteiger partial charge in [-0.25, -0.2) is 0 Å². The molecule has 0 radical (unpaired) electrons. The first-order chi connectivity index (χ1) is 11.8. The van der Waals surface area contributed by atoms with Gasteiger partial charge in [0.25, 0.3) is 0 Å². The molecule has 3 aromatic rings. The van der Waals surface area contributed by atoms with Crippen LogP contribution in [-0.4, -0.2) is 38.5 Å². The molecular weight excluding hydrogens is 302 g/mol. The molecule has 24 heavy (non-hydrogen) atoms. The zero-order chi connectivity index (χ0) is 16.8. The number of aliphatic hydroxyl groups excluding tert-OH is 1. The Morgan fingerprint density at radius 3 is 2.54 bits per heavy atom. The SMILES string of the molecule is Cc1ccc(-n2nnnc2NCC(CCO)c2ccccc2)cc1. The van der Waals surface area contributed by atoms with Crippen molar-refractivity contribution in [3.8, 4) is 5.69 Å². The van der Waals surface area contributed by atoms with Crippen LogP contribution in [0.2, 0.25) is 0 Å². The highest BCUT2D eigenvalue weighted by molar-refractivity contribution is 5.40. The molecule has 1 atom stereocenters. The first-order valence-electron chi connectivity index (χ1n) is 8.03. The molecule has 6 heteroatoms. The fraction of sp³-hybridized carbons (Fsp3) is 0.278. The summed E-state index contributed by atoms with van der Waals surface area (Å²) in [6.45, 7) is 2.84. The Kier molecular flexibility index (Phi) is 5.18. The summed E-state index contributed by atoms with van der Waals surface area (Å²) in [6.07, 6.45) is 0.684. The van der Waals surface area contributed by atoms with Crippen molar-refractivity contribution in [3.05, 3.63) is 65.7 Å². The van der Waals surface area contributed by atoms with Crippen molar-refractivity contribution < 1.29 is 5.11 Å². The van der Waals surface area contributed by atoms with E-state index in [-0.39, 0.29) is 12.5 Å². The van der Waals surface area contributed by atoms with Crippen LogP contribution in [0.25, 0.3) is 5.69 Å². The molecule has 1 aromatic heterocycles. The molecule has 0 spiro atoms. The Balaban J connectivity index is 1.74. The van der Waals surface area contributed by atoms with Gasteiger partial charge in [0.2, 0.25) is 5.95 Å². The molecule has 0 aliphatic carbocycles. The molecule has 2 aromatic carbocycles. The van der Waals surface area contributed by atoms with Gasteiger partial charge in [0.1, 0.15) is 0 Å². The molecule has 0 bridgehead atoms. The van der Waals surface area contributed by atoms with E-state index < -0.39 is 0 Å². The molecule has 0 saturated carbocycles. The molecule has 0 amide bonds. The normalized spacial score (nSPS) is 12.1. The largest absolute Gasteiger partial charge is 0.396 e. The Labute approximate surface area is 141 Å². The zero-order valence-electron chi connectivity index (χ0n) is 13.6. The molecule has 0 fully saturated rings. The third-order valence-electron chi connectivity index (χ3n) is 4.00. The van der Waals surface area contributed by atoms with Crippen LogP contribution in [0.15, 0.2) is 54.6 Å². The maximum absolute atomic E-state index is 9.34. The number of anilines is 1. The highest BCUT2D eigenvalue weighted by atomic mass is 16.3. The van der Waals surface area contributed by atoms with Gasteiger partial charge in [0.05, 0.1) is 5.69 Å². The van der Waals surface area contributed by atoms with E-state index in [0.717, 1.165) is 5.69 Å². The van der Waals surface area contributed by atoms with Gasteiger partial charge in [-0.2, -0.15) is 4.68 Å². The first-order valence-corrected chi connectivity index (χ1v) is 8.03. The lowest BCUT2D eigenvalue weighted by molar-refractivity contribution is 0.277. The number of tetrazole rings is 1. The van der Waals surface area contributed by atoms with Crippen molar-refractivity contribution in [2.24, 2.45) is 0 Å². The number of benzene rings is 2. The summed E-state index contributed by atoms with van der Waals surface area (Å²) in [5.74, 6) is 0.789. The van der Waals surface area contributed by atoms with Crippen molar-refractivity contribution in [1.82, 2.24) is 20.2 Å². The number of aliphatic hydroxyl groups is 1. The predicted octanol–water partition coefficient (Wildman–Crippen LogP) is 2.55. The molecule has 124 valence electrons. The van der Waals surface area contributed by atoms with Gasteiger partial charge in [-0.05, 0) is 41.5 Å². The second-order valence-corrected chi connectivity index (χ2v) is 5.75. The van der Waals surface area contributed by atoms with Gasteiger partial charge in [0.15, 0.2) is 0 Å². The summed E-state index contributed by atoms with van der Waals surface area (Å²) in [4.78, 5) is 0. The number of aromatic nitrogens is 4. The average Bonchev–Trinajstić information content (AvgIpc) is 3.08. The van der Waals surface area contributed by atoms with E-state index in [9.17, 15) is 5.11 Å². The number of rotatable bonds is 7. The van der Waals surface area contributed by atoms with Crippen molar-refractivity contribution in [2.75, 3.05) is 18.5 Å². The molecular formula is C18H21N5O. The maximum Gasteiger partial charge on any atom is 0.247 e. The van der Waals surface area contributed by atoms with Gasteiger partial charge in [-0.1, -0.05) is 53.1 Å². The maximum atomic E-state index is 9.34. The fourth-order valence-electron chi connectivity index (χ4n) is 2.64. The predicted molar refractivity (Wildman–Crippen MR) is 93.3 cm³/mol. The molecule has 2 N–H and O–H groups in total. The number of hydrogen-bond donors (Lipinski definition) is 2. The smallest absolute Gasteiger partial charge is 0.247 e. The van der Waals surface area contributed by atoms with E-state index in [1.807, 2.05) is 49.4 Å². The molecule has 0 aliphatic rings. The van der Waals surface area contributed by atoms with E-state index >= 15 is 0 Å². The van der Waals surface area contributed by atoms with E-state index in [1.54, 1.807) is 4.68 Å². The Morgan fingerprint density at radius 2 is 1.83 bits per heavy atom. The number of nitrogens with one attached hydrogen (secondary N) is 1. The van der Waals surface area contributed by atoms with Gasteiger partial charge in [-0.3, -0.25) is 0 Å². The quantitative estimate of drug-likeness (QED) is 0.699. The highest BCUT2D eigenvalue weighted by Crippen LogP contribution is 2.20. The van der Waals surface area contributed by atoms with Crippen LogP contribution in [0.1, 0.15) is 23.5 Å². The van der Waals surface area contributed by atoms with Crippen LogP contribution in [0.4, 0.5) is 5.95 Å². The van der Waals surface area contributed by atoms with Crippen molar-refractivity contribution in [2.45, 2.75) is 19.3 Å². The summed E-state index contributed by atoms with van der Waals surface area (Å²) in [6, 6.07) is 18.2. The molecule has 1 unspecified atom stereocenters. The van der Waals surface area contributed by atoms with Crippen LogP contribution in [0.3, 0.4) is 0 Å². The van der Waals surface area contributed by atoms with Gasteiger partial charge >= 0.3 is 0 Å². The summed E-state index contributed by atoms with van der Waals surface area (Å²) < 4.78 is 1.68. The lowest BCUT2D eigenvalue weighted by Crippen LogP contribution is -2.17. The van der Waals surface area contributed by atoms with E-state index in [2.05, 4.69) is 33.0 Å². The van der Waals surface area contributed by atoms with Crippen molar-refractivity contribution in [3.63, 3.8) is 0 Å². The van der Waals surface area contributed by atoms with Gasteiger partial charge in [-0.15, -0.1) is 0 Å². The first kappa shape index (κ1) is 16.1. The standard InChI is InChI=1S/C18H21N5O/c1-14-7-9-17(10-8-14)23-18(20-21-22-23)19-13-16(11-12-24)15-5-3-2-4-6-15/h2-10,16,24H,11-13H2,1H3,(H,19,20,22). The van der Waals surface area contributed by atoms with E-state index in [0.29, 0.717) is 18.9 Å². The van der Waals surface area contributed by atoms with E-state index in [1.165, 1.54) is 11.1 Å². The molecule has 0 aliphatic heterocycles. The van der Waals surface area contributed by atoms with Gasteiger partial charge < -0.3 is 10.4 Å². The minimum Gasteiger partial charge on any atom is -0.396 e. The average molecular weight is 323 g/mol. The van der Waals surface area contributed by atoms with Crippen LogP contribution < -0.4 is 5.32 Å². The third kappa shape index (κ3) is 3.78. The Bertz CT molecular complexity index is 755. The summed E-state index contributed by atoms with van der Waals surface area (Å²) in [7, 11) is 0. The highest BCUT2D eigenvalue weighted by Gasteiger charge is 2.14. The second kappa shape index (κ2) is 7.70. The zero-order valence-corrected chi connectivity index (χ0v) is 13.6. The molecule has 0 saturated heterocycles. The fourth-order valence-corrected chi connectivity index (χ4v) is 2.64. The minimum atomic E-state index is 0.143. The van der Waals surface area contributed by atoms with Crippen molar-refractivity contribution in [1.29, 1.82) is 0 Å². The van der Waals surface area contributed by atoms with Crippen LogP contribution in [0, 0.1) is 6.92 Å². The monoisotopic (exact) mass is 323 g/mol. The second-order valence-electron chi connectivity index (χ2n) is 5.75. The Hall–Kier alpha value is -2.73. The molecule has 6 nitrogen and oxygen atoms in total. The lowest BCUT2D eigenvalue weighted by Gasteiger charge is -2.17. The van der Waals surface area contributed by atoms with Gasteiger partial charge in [0, 0.05) is 19.1 Å².